The maximum atomic E-state index is 10.9. The summed E-state index contributed by atoms with van der Waals surface area (Å²) >= 11 is 0. The summed E-state index contributed by atoms with van der Waals surface area (Å²) in [6, 6.07) is 6.64. The van der Waals surface area contributed by atoms with Crippen molar-refractivity contribution in [2.75, 3.05) is 25.7 Å². The first kappa shape index (κ1) is 22.5. The molecule has 0 aliphatic rings. The Labute approximate surface area is 157 Å². The molecule has 10 nitrogen and oxygen atoms in total. The average molecular weight is 420 g/mol. The Kier molecular flexibility index (Phi) is 7.03. The van der Waals surface area contributed by atoms with Crippen LogP contribution in [0.5, 0.6) is 11.5 Å². The van der Waals surface area contributed by atoms with Crippen molar-refractivity contribution in [2.45, 2.75) is 16.7 Å². The van der Waals surface area contributed by atoms with Crippen molar-refractivity contribution in [3.05, 3.63) is 35.9 Å². The van der Waals surface area contributed by atoms with E-state index in [1.807, 2.05) is 0 Å². The minimum absolute atomic E-state index is 0.0108. The molecule has 0 fully saturated rings. The largest absolute Gasteiger partial charge is 0.497 e. The topological polar surface area (TPSA) is 179 Å². The average Bonchev–Trinajstić information content (AvgIpc) is 2.53. The van der Waals surface area contributed by atoms with E-state index in [1.54, 1.807) is 6.92 Å². The first-order chi connectivity index (χ1) is 12.3. The van der Waals surface area contributed by atoms with Gasteiger partial charge in [0.25, 0.3) is 20.2 Å². The second-order valence-corrected chi connectivity index (χ2v) is 7.99. The smallest absolute Gasteiger partial charge is 0.296 e. The van der Waals surface area contributed by atoms with Gasteiger partial charge in [-0.3, -0.25) is 9.11 Å². The lowest BCUT2D eigenvalue weighted by atomic mass is 10.2. The van der Waals surface area contributed by atoms with E-state index >= 15 is 0 Å². The third kappa shape index (κ3) is 5.99. The Balaban J connectivity index is 0.000000271. The zero-order chi connectivity index (χ0) is 21.0. The Bertz CT molecular complexity index is 1030. The molecular weight excluding hydrogens is 400 g/mol. The normalized spacial score (nSPS) is 11.3. The molecule has 12 heteroatoms. The van der Waals surface area contributed by atoms with Crippen molar-refractivity contribution in [2.24, 2.45) is 0 Å². The van der Waals surface area contributed by atoms with Gasteiger partial charge in [0.15, 0.2) is 0 Å². The fourth-order valence-electron chi connectivity index (χ4n) is 2.01. The first-order valence-corrected chi connectivity index (χ1v) is 10.0. The quantitative estimate of drug-likeness (QED) is 0.416. The van der Waals surface area contributed by atoms with Crippen molar-refractivity contribution in [1.82, 2.24) is 0 Å². The SMILES string of the molecule is COc1cc(S(=O)(=O)O)c(C)cc1N.COc1ccc(N)c(S(=O)(=O)O)c1. The second kappa shape index (κ2) is 8.43. The Morgan fingerprint density at radius 2 is 1.37 bits per heavy atom. The van der Waals surface area contributed by atoms with Crippen LogP contribution in [0.15, 0.2) is 40.1 Å². The third-order valence-corrected chi connectivity index (χ3v) is 5.21. The van der Waals surface area contributed by atoms with E-state index in [0.717, 1.165) is 6.07 Å². The number of methoxy groups -OCH3 is 2. The predicted molar refractivity (Wildman–Crippen MR) is 99.2 cm³/mol. The van der Waals surface area contributed by atoms with Crippen LogP contribution in [0.2, 0.25) is 0 Å². The molecule has 0 aliphatic heterocycles. The molecule has 0 radical (unpaired) electrons. The van der Waals surface area contributed by atoms with Crippen LogP contribution in [-0.2, 0) is 20.2 Å². The summed E-state index contributed by atoms with van der Waals surface area (Å²) in [7, 11) is -5.73. The van der Waals surface area contributed by atoms with E-state index in [4.69, 9.17) is 30.0 Å². The van der Waals surface area contributed by atoms with Crippen LogP contribution in [0, 0.1) is 6.92 Å². The van der Waals surface area contributed by atoms with Crippen LogP contribution < -0.4 is 20.9 Å². The van der Waals surface area contributed by atoms with Gasteiger partial charge in [-0.15, -0.1) is 0 Å². The minimum Gasteiger partial charge on any atom is -0.497 e. The predicted octanol–water partition coefficient (Wildman–Crippen LogP) is 1.36. The number of nitrogen functional groups attached to an aromatic ring is 2. The molecule has 0 aliphatic carbocycles. The first-order valence-electron chi connectivity index (χ1n) is 7.13. The van der Waals surface area contributed by atoms with Crippen LogP contribution in [-0.4, -0.2) is 40.2 Å². The van der Waals surface area contributed by atoms with Crippen molar-refractivity contribution in [1.29, 1.82) is 0 Å². The fourth-order valence-corrected chi connectivity index (χ4v) is 3.36. The summed E-state index contributed by atoms with van der Waals surface area (Å²) in [5.41, 5.74) is 11.6. The maximum absolute atomic E-state index is 10.9. The van der Waals surface area contributed by atoms with Gasteiger partial charge in [0.2, 0.25) is 0 Å². The highest BCUT2D eigenvalue weighted by molar-refractivity contribution is 7.86. The summed E-state index contributed by atoms with van der Waals surface area (Å²) in [4.78, 5) is -0.532. The monoisotopic (exact) mass is 420 g/mol. The Morgan fingerprint density at radius 1 is 0.815 bits per heavy atom. The van der Waals surface area contributed by atoms with Gasteiger partial charge in [0.05, 0.1) is 25.6 Å². The van der Waals surface area contributed by atoms with Gasteiger partial charge in [-0.2, -0.15) is 16.8 Å². The molecule has 0 amide bonds. The van der Waals surface area contributed by atoms with Crippen LogP contribution in [0.3, 0.4) is 0 Å². The number of hydrogen-bond acceptors (Lipinski definition) is 8. The molecule has 0 aromatic heterocycles. The molecule has 0 bridgehead atoms. The van der Waals surface area contributed by atoms with E-state index in [9.17, 15) is 16.8 Å². The van der Waals surface area contributed by atoms with E-state index in [2.05, 4.69) is 0 Å². The van der Waals surface area contributed by atoms with E-state index in [-0.39, 0.29) is 21.2 Å². The lowest BCUT2D eigenvalue weighted by Crippen LogP contribution is -2.03. The molecule has 0 saturated carbocycles. The lowest BCUT2D eigenvalue weighted by molar-refractivity contribution is 0.412. The number of rotatable bonds is 4. The summed E-state index contributed by atoms with van der Waals surface area (Å²) in [6.07, 6.45) is 0. The Hall–Kier alpha value is -2.54. The molecule has 0 heterocycles. The number of nitrogens with two attached hydrogens (primary N) is 2. The van der Waals surface area contributed by atoms with Gasteiger partial charge >= 0.3 is 0 Å². The van der Waals surface area contributed by atoms with Crippen molar-refractivity contribution >= 4 is 31.6 Å². The van der Waals surface area contributed by atoms with Crippen LogP contribution in [0.4, 0.5) is 11.4 Å². The molecule has 150 valence electrons. The van der Waals surface area contributed by atoms with Crippen molar-refractivity contribution < 1.29 is 35.4 Å². The van der Waals surface area contributed by atoms with E-state index in [1.165, 1.54) is 38.5 Å². The fraction of sp³-hybridized carbons (Fsp3) is 0.200. The van der Waals surface area contributed by atoms with Crippen LogP contribution in [0.1, 0.15) is 5.56 Å². The zero-order valence-electron chi connectivity index (χ0n) is 14.7. The number of aryl methyl sites for hydroxylation is 1. The zero-order valence-corrected chi connectivity index (χ0v) is 16.3. The molecule has 0 unspecified atom stereocenters. The van der Waals surface area contributed by atoms with Gasteiger partial charge < -0.3 is 20.9 Å². The molecule has 2 aromatic rings. The highest BCUT2D eigenvalue weighted by Crippen LogP contribution is 2.28. The maximum Gasteiger partial charge on any atom is 0.296 e. The van der Waals surface area contributed by atoms with Gasteiger partial charge in [-0.05, 0) is 30.7 Å². The summed E-state index contributed by atoms with van der Waals surface area (Å²) in [5, 5.41) is 0. The second-order valence-electron chi connectivity index (χ2n) is 5.21. The minimum atomic E-state index is -4.27. The Morgan fingerprint density at radius 3 is 1.81 bits per heavy atom. The summed E-state index contributed by atoms with van der Waals surface area (Å²) < 4.78 is 70.5. The number of ether oxygens (including phenoxy) is 2. The number of hydrogen-bond donors (Lipinski definition) is 4. The van der Waals surface area contributed by atoms with Gasteiger partial charge in [-0.1, -0.05) is 0 Å². The molecular formula is C15H20N2O8S2. The molecule has 2 aromatic carbocycles. The van der Waals surface area contributed by atoms with E-state index in [0.29, 0.717) is 17.0 Å². The third-order valence-electron chi connectivity index (χ3n) is 3.30. The highest BCUT2D eigenvalue weighted by Gasteiger charge is 2.16. The molecule has 0 atom stereocenters. The van der Waals surface area contributed by atoms with Crippen molar-refractivity contribution in [3.63, 3.8) is 0 Å². The van der Waals surface area contributed by atoms with E-state index < -0.39 is 20.2 Å². The summed E-state index contributed by atoms with van der Waals surface area (Å²) in [5.74, 6) is 0.546. The molecule has 27 heavy (non-hydrogen) atoms. The molecule has 2 rings (SSSR count). The highest BCUT2D eigenvalue weighted by atomic mass is 32.2. The van der Waals surface area contributed by atoms with Crippen molar-refractivity contribution in [3.8, 4) is 11.5 Å². The van der Waals surface area contributed by atoms with Crippen LogP contribution >= 0.6 is 0 Å². The summed E-state index contributed by atoms with van der Waals surface area (Å²) in [6.45, 7) is 1.54. The molecule has 6 N–H and O–H groups in total. The molecule has 0 saturated heterocycles. The van der Waals surface area contributed by atoms with Gasteiger partial charge in [-0.25, -0.2) is 0 Å². The van der Waals surface area contributed by atoms with Gasteiger partial charge in [0, 0.05) is 12.1 Å². The van der Waals surface area contributed by atoms with Crippen LogP contribution in [0.25, 0.3) is 0 Å². The number of anilines is 2. The van der Waals surface area contributed by atoms with Gasteiger partial charge in [0.1, 0.15) is 21.3 Å². The lowest BCUT2D eigenvalue weighted by Gasteiger charge is -2.08. The standard InChI is InChI=1S/C8H11NO4S.C7H9NO4S/c1-5-3-6(9)7(13-2)4-8(5)14(10,11)12;1-12-5-2-3-6(8)7(4-5)13(9,10)11/h3-4H,9H2,1-2H3,(H,10,11,12);2-4H,8H2,1H3,(H,9,10,11). The molecule has 0 spiro atoms. The number of benzene rings is 2.